The van der Waals surface area contributed by atoms with Gasteiger partial charge >= 0.3 is 0 Å². The third-order valence-electron chi connectivity index (χ3n) is 3.72. The quantitative estimate of drug-likeness (QED) is 0.749. The molecule has 1 saturated heterocycles. The molecule has 1 N–H and O–H groups in total. The zero-order valence-electron chi connectivity index (χ0n) is 9.53. The fraction of sp³-hybridized carbons (Fsp3) is 1.00. The van der Waals surface area contributed by atoms with Crippen molar-refractivity contribution in [2.75, 3.05) is 25.4 Å². The van der Waals surface area contributed by atoms with Gasteiger partial charge in [0, 0.05) is 25.4 Å². The van der Waals surface area contributed by atoms with Gasteiger partial charge < -0.3 is 5.11 Å². The topological polar surface area (TPSA) is 23.5 Å². The molecule has 0 radical (unpaired) electrons. The van der Waals surface area contributed by atoms with E-state index >= 15 is 0 Å². The predicted octanol–water partition coefficient (Wildman–Crippen LogP) is 2.53. The zero-order chi connectivity index (χ0) is 10.5. The summed E-state index contributed by atoms with van der Waals surface area (Å²) in [5.74, 6) is 2.83. The lowest BCUT2D eigenvalue weighted by Crippen LogP contribution is -2.17. The van der Waals surface area contributed by atoms with Gasteiger partial charge in [-0.1, -0.05) is 31.2 Å². The lowest BCUT2D eigenvalue weighted by atomic mass is 9.91. The summed E-state index contributed by atoms with van der Waals surface area (Å²) in [4.78, 5) is 0. The monoisotopic (exact) mass is 229 g/mol. The van der Waals surface area contributed by atoms with E-state index in [2.05, 4.69) is 4.31 Å². The van der Waals surface area contributed by atoms with E-state index in [-0.39, 0.29) is 0 Å². The maximum absolute atomic E-state index is 9.06. The molecular formula is C12H23NOS. The van der Waals surface area contributed by atoms with E-state index in [0.29, 0.717) is 12.5 Å². The van der Waals surface area contributed by atoms with E-state index in [1.54, 1.807) is 0 Å². The minimum Gasteiger partial charge on any atom is -0.396 e. The van der Waals surface area contributed by atoms with Crippen LogP contribution >= 0.6 is 11.9 Å². The Hall–Kier alpha value is 0.270. The SMILES string of the molecule is OC[C@H]1CCN(SCC2CCCCC2)C1. The fourth-order valence-electron chi connectivity index (χ4n) is 2.63. The first-order valence-corrected chi connectivity index (χ1v) is 7.31. The molecule has 1 saturated carbocycles. The van der Waals surface area contributed by atoms with Crippen LogP contribution in [0.25, 0.3) is 0 Å². The third-order valence-corrected chi connectivity index (χ3v) is 5.04. The van der Waals surface area contributed by atoms with Crippen LogP contribution in [0.15, 0.2) is 0 Å². The minimum atomic E-state index is 0.375. The van der Waals surface area contributed by atoms with Crippen molar-refractivity contribution in [3.8, 4) is 0 Å². The normalized spacial score (nSPS) is 29.8. The molecule has 1 heterocycles. The smallest absolute Gasteiger partial charge is 0.0472 e. The molecule has 3 heteroatoms. The number of hydrogen-bond donors (Lipinski definition) is 1. The van der Waals surface area contributed by atoms with Gasteiger partial charge in [0.2, 0.25) is 0 Å². The molecular weight excluding hydrogens is 206 g/mol. The van der Waals surface area contributed by atoms with Gasteiger partial charge in [-0.15, -0.1) is 0 Å². The molecule has 0 spiro atoms. The summed E-state index contributed by atoms with van der Waals surface area (Å²) >= 11 is 2.03. The molecule has 1 aliphatic carbocycles. The molecule has 1 atom stereocenters. The van der Waals surface area contributed by atoms with Crippen LogP contribution in [0.1, 0.15) is 38.5 Å². The van der Waals surface area contributed by atoms with Crippen molar-refractivity contribution < 1.29 is 5.11 Å². The van der Waals surface area contributed by atoms with E-state index in [1.807, 2.05) is 11.9 Å². The van der Waals surface area contributed by atoms with Gasteiger partial charge in [-0.05, 0) is 31.1 Å². The first-order valence-electron chi connectivity index (χ1n) is 6.37. The van der Waals surface area contributed by atoms with Crippen LogP contribution in [-0.4, -0.2) is 34.9 Å². The highest BCUT2D eigenvalue weighted by Crippen LogP contribution is 2.30. The summed E-state index contributed by atoms with van der Waals surface area (Å²) in [5.41, 5.74) is 0. The van der Waals surface area contributed by atoms with Crippen molar-refractivity contribution in [3.63, 3.8) is 0 Å². The Bertz CT molecular complexity index is 182. The minimum absolute atomic E-state index is 0.375. The van der Waals surface area contributed by atoms with E-state index in [0.717, 1.165) is 12.5 Å². The number of aliphatic hydroxyl groups is 1. The summed E-state index contributed by atoms with van der Waals surface area (Å²) in [6.07, 6.45) is 8.44. The highest BCUT2D eigenvalue weighted by atomic mass is 32.2. The zero-order valence-corrected chi connectivity index (χ0v) is 10.3. The van der Waals surface area contributed by atoms with E-state index < -0.39 is 0 Å². The van der Waals surface area contributed by atoms with Gasteiger partial charge in [0.25, 0.3) is 0 Å². The predicted molar refractivity (Wildman–Crippen MR) is 65.8 cm³/mol. The van der Waals surface area contributed by atoms with Gasteiger partial charge in [0.1, 0.15) is 0 Å². The molecule has 0 aromatic carbocycles. The van der Waals surface area contributed by atoms with Gasteiger partial charge in [0.05, 0.1) is 0 Å². The molecule has 2 rings (SSSR count). The van der Waals surface area contributed by atoms with Gasteiger partial charge in [-0.25, -0.2) is 0 Å². The van der Waals surface area contributed by atoms with Gasteiger partial charge in [0.15, 0.2) is 0 Å². The van der Waals surface area contributed by atoms with Crippen LogP contribution < -0.4 is 0 Å². The molecule has 15 heavy (non-hydrogen) atoms. The second-order valence-corrected chi connectivity index (χ2v) is 6.13. The fourth-order valence-corrected chi connectivity index (χ4v) is 3.93. The Morgan fingerprint density at radius 2 is 1.87 bits per heavy atom. The summed E-state index contributed by atoms with van der Waals surface area (Å²) < 4.78 is 2.47. The first-order chi connectivity index (χ1) is 7.38. The largest absolute Gasteiger partial charge is 0.396 e. The average molecular weight is 229 g/mol. The second-order valence-electron chi connectivity index (χ2n) is 5.03. The van der Waals surface area contributed by atoms with Crippen molar-refractivity contribution in [1.82, 2.24) is 4.31 Å². The van der Waals surface area contributed by atoms with Crippen molar-refractivity contribution in [1.29, 1.82) is 0 Å². The van der Waals surface area contributed by atoms with Gasteiger partial charge in [-0.3, -0.25) is 4.31 Å². The Kier molecular flexibility index (Phi) is 4.79. The van der Waals surface area contributed by atoms with Crippen LogP contribution in [0.5, 0.6) is 0 Å². The number of hydrogen-bond acceptors (Lipinski definition) is 3. The molecule has 88 valence electrons. The summed E-state index contributed by atoms with van der Waals surface area (Å²) in [5, 5.41) is 9.06. The Morgan fingerprint density at radius 1 is 1.07 bits per heavy atom. The standard InChI is InChI=1S/C12H23NOS/c14-9-12-6-7-13(8-12)15-10-11-4-2-1-3-5-11/h11-12,14H,1-10H2/t12-/m0/s1. The van der Waals surface area contributed by atoms with Crippen molar-refractivity contribution in [3.05, 3.63) is 0 Å². The lowest BCUT2D eigenvalue weighted by Gasteiger charge is -2.23. The molecule has 0 aromatic rings. The molecule has 0 amide bonds. The van der Waals surface area contributed by atoms with E-state index in [4.69, 9.17) is 5.11 Å². The molecule has 0 unspecified atom stereocenters. The van der Waals surface area contributed by atoms with Crippen LogP contribution in [0.4, 0.5) is 0 Å². The van der Waals surface area contributed by atoms with Gasteiger partial charge in [-0.2, -0.15) is 0 Å². The second kappa shape index (κ2) is 6.12. The lowest BCUT2D eigenvalue weighted by molar-refractivity contribution is 0.234. The molecule has 0 aromatic heterocycles. The van der Waals surface area contributed by atoms with Crippen molar-refractivity contribution in [2.45, 2.75) is 38.5 Å². The molecule has 1 aliphatic heterocycles. The summed E-state index contributed by atoms with van der Waals surface area (Å²) in [7, 11) is 0. The van der Waals surface area contributed by atoms with Crippen molar-refractivity contribution in [2.24, 2.45) is 11.8 Å². The molecule has 0 bridgehead atoms. The third kappa shape index (κ3) is 3.65. The Labute approximate surface area is 97.6 Å². The highest BCUT2D eigenvalue weighted by molar-refractivity contribution is 7.97. The first kappa shape index (κ1) is 11.7. The molecule has 2 aliphatic rings. The molecule has 2 nitrogen and oxygen atoms in total. The Balaban J connectivity index is 1.61. The summed E-state index contributed by atoms with van der Waals surface area (Å²) in [6, 6.07) is 0. The number of aliphatic hydroxyl groups excluding tert-OH is 1. The molecule has 2 fully saturated rings. The maximum Gasteiger partial charge on any atom is 0.0472 e. The number of rotatable bonds is 4. The van der Waals surface area contributed by atoms with Crippen LogP contribution in [0.3, 0.4) is 0 Å². The van der Waals surface area contributed by atoms with Crippen LogP contribution in [0, 0.1) is 11.8 Å². The average Bonchev–Trinajstić information content (AvgIpc) is 2.76. The van der Waals surface area contributed by atoms with E-state index in [9.17, 15) is 0 Å². The Morgan fingerprint density at radius 3 is 2.53 bits per heavy atom. The highest BCUT2D eigenvalue weighted by Gasteiger charge is 2.23. The van der Waals surface area contributed by atoms with Crippen molar-refractivity contribution >= 4 is 11.9 Å². The van der Waals surface area contributed by atoms with Crippen LogP contribution in [-0.2, 0) is 0 Å². The maximum atomic E-state index is 9.06. The number of nitrogens with zero attached hydrogens (tertiary/aromatic N) is 1. The van der Waals surface area contributed by atoms with E-state index in [1.165, 1.54) is 50.8 Å². The van der Waals surface area contributed by atoms with Crippen LogP contribution in [0.2, 0.25) is 0 Å². The summed E-state index contributed by atoms with van der Waals surface area (Å²) in [6.45, 7) is 2.66.